The molecule has 0 saturated carbocycles. The average Bonchev–Trinajstić information content (AvgIpc) is 2.55. The van der Waals surface area contributed by atoms with Gasteiger partial charge >= 0.3 is 5.97 Å². The predicted octanol–water partition coefficient (Wildman–Crippen LogP) is 2.42. The highest BCUT2D eigenvalue weighted by Gasteiger charge is 2.25. The van der Waals surface area contributed by atoms with Crippen molar-refractivity contribution in [1.82, 2.24) is 9.97 Å². The molecule has 6 nitrogen and oxygen atoms in total. The monoisotopic (exact) mass is 334 g/mol. The zero-order chi connectivity index (χ0) is 17.0. The number of hydrogen-bond donors (Lipinski definition) is 0. The summed E-state index contributed by atoms with van der Waals surface area (Å²) in [5.41, 5.74) is 1.37. The van der Waals surface area contributed by atoms with Gasteiger partial charge in [-0.1, -0.05) is 37.3 Å². The van der Waals surface area contributed by atoms with Crippen molar-refractivity contribution in [3.8, 4) is 11.3 Å². The first-order valence-corrected chi connectivity index (χ1v) is 8.89. The molecule has 0 unspecified atom stereocenters. The smallest absolute Gasteiger partial charge is 0.342 e. The molecule has 2 aromatic rings. The lowest BCUT2D eigenvalue weighted by atomic mass is 10.0. The van der Waals surface area contributed by atoms with Gasteiger partial charge in [-0.3, -0.25) is 0 Å². The van der Waals surface area contributed by atoms with Gasteiger partial charge in [0.1, 0.15) is 5.56 Å². The molecule has 1 aromatic carbocycles. The second-order valence-corrected chi connectivity index (χ2v) is 6.98. The van der Waals surface area contributed by atoms with Crippen LogP contribution in [-0.2, 0) is 14.6 Å². The number of carbonyl (C=O) groups excluding carboxylic acids is 1. The summed E-state index contributed by atoms with van der Waals surface area (Å²) >= 11 is 0. The molecule has 0 N–H and O–H groups in total. The minimum Gasteiger partial charge on any atom is -0.462 e. The van der Waals surface area contributed by atoms with E-state index < -0.39 is 15.8 Å². The van der Waals surface area contributed by atoms with E-state index in [0.717, 1.165) is 0 Å². The van der Waals surface area contributed by atoms with Gasteiger partial charge in [0.05, 0.1) is 23.7 Å². The van der Waals surface area contributed by atoms with E-state index in [9.17, 15) is 13.2 Å². The van der Waals surface area contributed by atoms with Crippen LogP contribution in [0.1, 0.15) is 29.9 Å². The van der Waals surface area contributed by atoms with E-state index in [-0.39, 0.29) is 34.5 Å². The van der Waals surface area contributed by atoms with Gasteiger partial charge in [0.15, 0.2) is 0 Å². The largest absolute Gasteiger partial charge is 0.462 e. The van der Waals surface area contributed by atoms with E-state index in [1.165, 1.54) is 6.92 Å². The Kier molecular flexibility index (Phi) is 5.10. The van der Waals surface area contributed by atoms with Crippen molar-refractivity contribution in [2.24, 2.45) is 0 Å². The van der Waals surface area contributed by atoms with E-state index in [1.54, 1.807) is 38.1 Å². The van der Waals surface area contributed by atoms with Crippen LogP contribution in [0.5, 0.6) is 0 Å². The third kappa shape index (κ3) is 3.56. The van der Waals surface area contributed by atoms with E-state index in [0.29, 0.717) is 5.56 Å². The number of nitrogens with zero attached hydrogens (tertiary/aromatic N) is 2. The van der Waals surface area contributed by atoms with Crippen LogP contribution < -0.4 is 0 Å². The molecule has 1 aromatic heterocycles. The lowest BCUT2D eigenvalue weighted by Crippen LogP contribution is -2.16. The second kappa shape index (κ2) is 6.87. The maximum Gasteiger partial charge on any atom is 0.342 e. The molecule has 0 aliphatic carbocycles. The van der Waals surface area contributed by atoms with Gasteiger partial charge in [-0.2, -0.15) is 0 Å². The van der Waals surface area contributed by atoms with Crippen LogP contribution >= 0.6 is 0 Å². The normalized spacial score (nSPS) is 11.3. The third-order valence-electron chi connectivity index (χ3n) is 3.25. The van der Waals surface area contributed by atoms with Crippen LogP contribution in [0.25, 0.3) is 11.3 Å². The Labute approximate surface area is 135 Å². The van der Waals surface area contributed by atoms with Crippen molar-refractivity contribution in [2.45, 2.75) is 25.9 Å². The minimum absolute atomic E-state index is 0.112. The van der Waals surface area contributed by atoms with Crippen LogP contribution in [-0.4, -0.2) is 36.7 Å². The zero-order valence-electron chi connectivity index (χ0n) is 13.2. The van der Waals surface area contributed by atoms with Crippen LogP contribution in [0.3, 0.4) is 0 Å². The maximum atomic E-state index is 12.2. The summed E-state index contributed by atoms with van der Waals surface area (Å²) in [6, 6.07) is 8.91. The number of benzene rings is 1. The summed E-state index contributed by atoms with van der Waals surface area (Å²) in [5.74, 6) is -0.677. The SMILES string of the molecule is CCOC(=O)c1c(C)nc(S(=O)(=O)CC)nc1-c1ccccc1. The molecule has 0 aliphatic heterocycles. The summed E-state index contributed by atoms with van der Waals surface area (Å²) in [6.45, 7) is 5.01. The van der Waals surface area contributed by atoms with Crippen LogP contribution in [0.15, 0.2) is 35.5 Å². The van der Waals surface area contributed by atoms with Gasteiger partial charge < -0.3 is 4.74 Å². The van der Waals surface area contributed by atoms with Crippen molar-refractivity contribution >= 4 is 15.8 Å². The Bertz CT molecular complexity index is 817. The summed E-state index contributed by atoms with van der Waals surface area (Å²) in [5, 5.41) is -0.274. The molecule has 0 saturated heterocycles. The number of hydrogen-bond acceptors (Lipinski definition) is 6. The van der Waals surface area contributed by atoms with Gasteiger partial charge in [-0.25, -0.2) is 23.2 Å². The highest BCUT2D eigenvalue weighted by molar-refractivity contribution is 7.91. The third-order valence-corrected chi connectivity index (χ3v) is 4.75. The minimum atomic E-state index is -3.58. The Morgan fingerprint density at radius 1 is 1.13 bits per heavy atom. The number of ether oxygens (including phenoxy) is 1. The van der Waals surface area contributed by atoms with E-state index >= 15 is 0 Å². The molecule has 7 heteroatoms. The first-order chi connectivity index (χ1) is 10.9. The van der Waals surface area contributed by atoms with Crippen LogP contribution in [0, 0.1) is 6.92 Å². The number of aromatic nitrogens is 2. The predicted molar refractivity (Wildman–Crippen MR) is 85.9 cm³/mol. The molecule has 2 rings (SSSR count). The summed E-state index contributed by atoms with van der Waals surface area (Å²) in [4.78, 5) is 20.4. The summed E-state index contributed by atoms with van der Waals surface area (Å²) in [7, 11) is -3.58. The molecule has 0 aliphatic rings. The fraction of sp³-hybridized carbons (Fsp3) is 0.312. The number of sulfone groups is 1. The molecule has 0 amide bonds. The topological polar surface area (TPSA) is 86.2 Å². The molecule has 23 heavy (non-hydrogen) atoms. The highest BCUT2D eigenvalue weighted by Crippen LogP contribution is 2.25. The molecular weight excluding hydrogens is 316 g/mol. The second-order valence-electron chi connectivity index (χ2n) is 4.81. The van der Waals surface area contributed by atoms with Crippen molar-refractivity contribution in [2.75, 3.05) is 12.4 Å². The molecule has 0 fully saturated rings. The summed E-state index contributed by atoms with van der Waals surface area (Å²) < 4.78 is 29.3. The van der Waals surface area contributed by atoms with E-state index in [1.807, 2.05) is 6.07 Å². The molecule has 122 valence electrons. The van der Waals surface area contributed by atoms with Crippen molar-refractivity contribution < 1.29 is 17.9 Å². The maximum absolute atomic E-state index is 12.2. The van der Waals surface area contributed by atoms with Crippen molar-refractivity contribution in [3.63, 3.8) is 0 Å². The lowest BCUT2D eigenvalue weighted by molar-refractivity contribution is 0.0525. The lowest BCUT2D eigenvalue weighted by Gasteiger charge is -2.12. The number of carbonyl (C=O) groups is 1. The number of aryl methyl sites for hydroxylation is 1. The molecule has 0 atom stereocenters. The van der Waals surface area contributed by atoms with E-state index in [2.05, 4.69) is 9.97 Å². The Morgan fingerprint density at radius 2 is 1.78 bits per heavy atom. The van der Waals surface area contributed by atoms with E-state index in [4.69, 9.17) is 4.74 Å². The van der Waals surface area contributed by atoms with Crippen LogP contribution in [0.4, 0.5) is 0 Å². The summed E-state index contributed by atoms with van der Waals surface area (Å²) in [6.07, 6.45) is 0. The molecule has 0 radical (unpaired) electrons. The van der Waals surface area contributed by atoms with Gasteiger partial charge in [-0.05, 0) is 13.8 Å². The number of rotatable bonds is 5. The quantitative estimate of drug-likeness (QED) is 0.616. The fourth-order valence-corrected chi connectivity index (χ4v) is 2.83. The Balaban J connectivity index is 2.75. The van der Waals surface area contributed by atoms with Crippen LogP contribution in [0.2, 0.25) is 0 Å². The van der Waals surface area contributed by atoms with Crippen molar-refractivity contribution in [1.29, 1.82) is 0 Å². The Morgan fingerprint density at radius 3 is 2.35 bits per heavy atom. The van der Waals surface area contributed by atoms with Gasteiger partial charge in [0.2, 0.25) is 15.0 Å². The fourth-order valence-electron chi connectivity index (χ4n) is 2.07. The molecule has 0 spiro atoms. The standard InChI is InChI=1S/C16H18N2O4S/c1-4-22-15(19)13-11(3)17-16(23(20,21)5-2)18-14(13)12-9-7-6-8-10-12/h6-10H,4-5H2,1-3H3. The van der Waals surface area contributed by atoms with Gasteiger partial charge in [0.25, 0.3) is 0 Å². The zero-order valence-corrected chi connectivity index (χ0v) is 14.1. The molecule has 1 heterocycles. The first kappa shape index (κ1) is 17.1. The number of esters is 1. The average molecular weight is 334 g/mol. The van der Waals surface area contributed by atoms with Crippen molar-refractivity contribution in [3.05, 3.63) is 41.6 Å². The van der Waals surface area contributed by atoms with Gasteiger partial charge in [0, 0.05) is 5.56 Å². The first-order valence-electron chi connectivity index (χ1n) is 7.24. The Hall–Kier alpha value is -2.28. The molecule has 0 bridgehead atoms. The highest BCUT2D eigenvalue weighted by atomic mass is 32.2. The van der Waals surface area contributed by atoms with Gasteiger partial charge in [-0.15, -0.1) is 0 Å². The molecular formula is C16H18N2O4S.